The first-order valence-corrected chi connectivity index (χ1v) is 7.86. The first-order valence-electron chi connectivity index (χ1n) is 6.98. The van der Waals surface area contributed by atoms with Crippen LogP contribution in [0.3, 0.4) is 0 Å². The van der Waals surface area contributed by atoms with E-state index in [1.807, 2.05) is 32.3 Å². The molecule has 1 fully saturated rings. The molecule has 2 rings (SSSR count). The summed E-state index contributed by atoms with van der Waals surface area (Å²) in [4.78, 5) is 18.1. The highest BCUT2D eigenvalue weighted by Crippen LogP contribution is 2.20. The fourth-order valence-electron chi connectivity index (χ4n) is 2.26. The zero-order valence-corrected chi connectivity index (χ0v) is 13.4. The second kappa shape index (κ2) is 6.10. The number of aromatic nitrogens is 1. The van der Waals surface area contributed by atoms with E-state index >= 15 is 0 Å². The van der Waals surface area contributed by atoms with Crippen LogP contribution in [0, 0.1) is 0 Å². The summed E-state index contributed by atoms with van der Waals surface area (Å²) in [5, 5.41) is 6.59. The molecule has 0 spiro atoms. The summed E-state index contributed by atoms with van der Waals surface area (Å²) < 4.78 is 5.40. The van der Waals surface area contributed by atoms with Gasteiger partial charge in [-0.05, 0) is 34.1 Å². The number of hydrogen-bond acceptors (Lipinski definition) is 5. The van der Waals surface area contributed by atoms with Crippen molar-refractivity contribution in [2.24, 2.45) is 0 Å². The number of carbonyl (C=O) groups excluding carboxylic acids is 1. The molecule has 0 saturated carbocycles. The highest BCUT2D eigenvalue weighted by Gasteiger charge is 2.30. The summed E-state index contributed by atoms with van der Waals surface area (Å²) in [6, 6.07) is 0.528. The van der Waals surface area contributed by atoms with E-state index in [-0.39, 0.29) is 12.1 Å². The van der Waals surface area contributed by atoms with E-state index in [0.717, 1.165) is 18.0 Å². The first kappa shape index (κ1) is 15.3. The van der Waals surface area contributed by atoms with Crippen LogP contribution in [0.5, 0.6) is 0 Å². The minimum absolute atomic E-state index is 0.219. The molecular weight excluding hydrogens is 274 g/mol. The Morgan fingerprint density at radius 1 is 1.60 bits per heavy atom. The Hall–Kier alpha value is -1.14. The van der Waals surface area contributed by atoms with E-state index in [1.165, 1.54) is 0 Å². The van der Waals surface area contributed by atoms with Gasteiger partial charge in [0.25, 0.3) is 0 Å². The van der Waals surface area contributed by atoms with Gasteiger partial charge in [0, 0.05) is 30.7 Å². The Morgan fingerprint density at radius 3 is 2.95 bits per heavy atom. The maximum atomic E-state index is 12.0. The molecule has 0 radical (unpaired) electrons. The standard InChI is InChI=1S/C14H23N3O2S/c1-10(12-15-6-8-20-12)16-11-5-7-17(9-11)13(18)19-14(2,3)4/h6,8,10-11,16H,5,7,9H2,1-4H3/t10-,11+/m1/s1. The van der Waals surface area contributed by atoms with Gasteiger partial charge in [-0.3, -0.25) is 0 Å². The quantitative estimate of drug-likeness (QED) is 0.932. The van der Waals surface area contributed by atoms with Crippen molar-refractivity contribution in [1.29, 1.82) is 0 Å². The number of hydrogen-bond donors (Lipinski definition) is 1. The molecular formula is C14H23N3O2S. The maximum absolute atomic E-state index is 12.0. The number of amides is 1. The monoisotopic (exact) mass is 297 g/mol. The predicted molar refractivity (Wildman–Crippen MR) is 79.9 cm³/mol. The molecule has 5 nitrogen and oxygen atoms in total. The van der Waals surface area contributed by atoms with Gasteiger partial charge in [-0.2, -0.15) is 0 Å². The van der Waals surface area contributed by atoms with Crippen molar-refractivity contribution in [3.63, 3.8) is 0 Å². The third-order valence-electron chi connectivity index (χ3n) is 3.15. The van der Waals surface area contributed by atoms with E-state index in [0.29, 0.717) is 12.6 Å². The Labute approximate surface area is 124 Å². The van der Waals surface area contributed by atoms with Crippen LogP contribution in [0.2, 0.25) is 0 Å². The molecule has 1 N–H and O–H groups in total. The molecule has 2 atom stereocenters. The van der Waals surface area contributed by atoms with Crippen LogP contribution in [0.15, 0.2) is 11.6 Å². The number of nitrogens with one attached hydrogen (secondary N) is 1. The number of ether oxygens (including phenoxy) is 1. The normalized spacial score (nSPS) is 21.0. The highest BCUT2D eigenvalue weighted by atomic mass is 32.1. The molecule has 1 aliphatic heterocycles. The average Bonchev–Trinajstić information content (AvgIpc) is 2.97. The topological polar surface area (TPSA) is 54.5 Å². The molecule has 0 aliphatic carbocycles. The summed E-state index contributed by atoms with van der Waals surface area (Å²) in [6.45, 7) is 9.22. The van der Waals surface area contributed by atoms with Crippen molar-refractivity contribution in [2.75, 3.05) is 13.1 Å². The molecule has 2 heterocycles. The molecule has 1 saturated heterocycles. The molecule has 0 unspecified atom stereocenters. The van der Waals surface area contributed by atoms with Gasteiger partial charge in [-0.25, -0.2) is 9.78 Å². The second-order valence-corrected chi connectivity index (χ2v) is 7.10. The highest BCUT2D eigenvalue weighted by molar-refractivity contribution is 7.09. The van der Waals surface area contributed by atoms with Crippen LogP contribution >= 0.6 is 11.3 Å². The smallest absolute Gasteiger partial charge is 0.410 e. The molecule has 1 aliphatic rings. The van der Waals surface area contributed by atoms with E-state index in [9.17, 15) is 4.79 Å². The third-order valence-corrected chi connectivity index (χ3v) is 4.11. The van der Waals surface area contributed by atoms with Crippen molar-refractivity contribution >= 4 is 17.4 Å². The largest absolute Gasteiger partial charge is 0.444 e. The van der Waals surface area contributed by atoms with Crippen LogP contribution in [-0.4, -0.2) is 40.7 Å². The van der Waals surface area contributed by atoms with Gasteiger partial charge >= 0.3 is 6.09 Å². The van der Waals surface area contributed by atoms with Crippen molar-refractivity contribution in [1.82, 2.24) is 15.2 Å². The first-order chi connectivity index (χ1) is 9.35. The van der Waals surface area contributed by atoms with E-state index in [1.54, 1.807) is 16.2 Å². The van der Waals surface area contributed by atoms with Crippen molar-refractivity contribution in [3.8, 4) is 0 Å². The van der Waals surface area contributed by atoms with Gasteiger partial charge in [0.15, 0.2) is 0 Å². The Morgan fingerprint density at radius 2 is 2.35 bits per heavy atom. The van der Waals surface area contributed by atoms with Gasteiger partial charge in [0.05, 0.1) is 6.04 Å². The van der Waals surface area contributed by atoms with Gasteiger partial charge < -0.3 is 15.0 Å². The summed E-state index contributed by atoms with van der Waals surface area (Å²) in [5.74, 6) is 0. The zero-order chi connectivity index (χ0) is 14.8. The summed E-state index contributed by atoms with van der Waals surface area (Å²) >= 11 is 1.65. The fraction of sp³-hybridized carbons (Fsp3) is 0.714. The van der Waals surface area contributed by atoms with Crippen molar-refractivity contribution in [3.05, 3.63) is 16.6 Å². The van der Waals surface area contributed by atoms with Gasteiger partial charge in [-0.1, -0.05) is 0 Å². The van der Waals surface area contributed by atoms with Crippen LogP contribution in [0.25, 0.3) is 0 Å². The molecule has 1 aromatic rings. The zero-order valence-electron chi connectivity index (χ0n) is 12.5. The van der Waals surface area contributed by atoms with Gasteiger partial charge in [0.2, 0.25) is 0 Å². The molecule has 112 valence electrons. The number of rotatable bonds is 3. The molecule has 6 heteroatoms. The van der Waals surface area contributed by atoms with E-state index in [4.69, 9.17) is 4.74 Å². The van der Waals surface area contributed by atoms with E-state index in [2.05, 4.69) is 17.2 Å². The second-order valence-electron chi connectivity index (χ2n) is 6.17. The third kappa shape index (κ3) is 4.18. The average molecular weight is 297 g/mol. The minimum atomic E-state index is -0.434. The van der Waals surface area contributed by atoms with Gasteiger partial charge in [0.1, 0.15) is 10.6 Å². The molecule has 20 heavy (non-hydrogen) atoms. The van der Waals surface area contributed by atoms with Crippen LogP contribution in [-0.2, 0) is 4.74 Å². The summed E-state index contributed by atoms with van der Waals surface area (Å²) in [5.41, 5.74) is -0.434. The Balaban J connectivity index is 1.82. The maximum Gasteiger partial charge on any atom is 0.410 e. The molecule has 0 bridgehead atoms. The van der Waals surface area contributed by atoms with Crippen molar-refractivity contribution in [2.45, 2.75) is 51.8 Å². The summed E-state index contributed by atoms with van der Waals surface area (Å²) in [7, 11) is 0. The predicted octanol–water partition coefficient (Wildman–Crippen LogP) is 2.80. The van der Waals surface area contributed by atoms with E-state index < -0.39 is 5.60 Å². The molecule has 0 aromatic carbocycles. The SMILES string of the molecule is C[C@@H](N[C@H]1CCN(C(=O)OC(C)(C)C)C1)c1nccs1. The number of carbonyl (C=O) groups is 1. The molecule has 1 aromatic heterocycles. The lowest BCUT2D eigenvalue weighted by Gasteiger charge is -2.24. The van der Waals surface area contributed by atoms with Gasteiger partial charge in [-0.15, -0.1) is 11.3 Å². The number of nitrogens with zero attached hydrogens (tertiary/aromatic N) is 2. The van der Waals surface area contributed by atoms with Crippen LogP contribution in [0.1, 0.15) is 45.2 Å². The lowest BCUT2D eigenvalue weighted by Crippen LogP contribution is -2.38. The van der Waals surface area contributed by atoms with Crippen LogP contribution in [0.4, 0.5) is 4.79 Å². The lowest BCUT2D eigenvalue weighted by atomic mass is 10.2. The van der Waals surface area contributed by atoms with Crippen molar-refractivity contribution < 1.29 is 9.53 Å². The number of thiazole rings is 1. The lowest BCUT2D eigenvalue weighted by molar-refractivity contribution is 0.0290. The number of likely N-dealkylation sites (tertiary alicyclic amines) is 1. The summed E-state index contributed by atoms with van der Waals surface area (Å²) in [6.07, 6.45) is 2.55. The van der Waals surface area contributed by atoms with Crippen LogP contribution < -0.4 is 5.32 Å². The Kier molecular flexibility index (Phi) is 4.65. The minimum Gasteiger partial charge on any atom is -0.444 e. The molecule has 1 amide bonds. The Bertz CT molecular complexity index is 442. The fourth-order valence-corrected chi connectivity index (χ4v) is 2.92.